The highest BCUT2D eigenvalue weighted by Gasteiger charge is 2.34. The lowest BCUT2D eigenvalue weighted by Gasteiger charge is -2.42. The number of nitrogens with one attached hydrogen (secondary N) is 1. The van der Waals surface area contributed by atoms with Gasteiger partial charge in [-0.1, -0.05) is 51.8 Å². The molecule has 140 valence electrons. The molecule has 1 saturated carbocycles. The normalized spacial score (nSPS) is 17.4. The van der Waals surface area contributed by atoms with E-state index in [9.17, 15) is 0 Å². The number of rotatable bonds is 7. The second kappa shape index (κ2) is 10.5. The van der Waals surface area contributed by atoms with Crippen LogP contribution in [0.15, 0.2) is 29.3 Å². The minimum absolute atomic E-state index is 0.622. The van der Waals surface area contributed by atoms with Gasteiger partial charge in [-0.15, -0.1) is 0 Å². The van der Waals surface area contributed by atoms with Gasteiger partial charge in [0.1, 0.15) is 0 Å². The Kier molecular flexibility index (Phi) is 9.10. The minimum Gasteiger partial charge on any atom is -0.313 e. The van der Waals surface area contributed by atoms with Crippen molar-refractivity contribution in [3.8, 4) is 0 Å². The summed E-state index contributed by atoms with van der Waals surface area (Å²) < 4.78 is 0. The van der Waals surface area contributed by atoms with Crippen LogP contribution in [0, 0.1) is 29.6 Å². The van der Waals surface area contributed by atoms with Gasteiger partial charge in [0.15, 0.2) is 0 Å². The van der Waals surface area contributed by atoms with Crippen molar-refractivity contribution in [2.75, 3.05) is 0 Å². The van der Waals surface area contributed by atoms with Crippen LogP contribution in [0.1, 0.15) is 78.7 Å². The van der Waals surface area contributed by atoms with Crippen LogP contribution in [0.3, 0.4) is 0 Å². The zero-order chi connectivity index (χ0) is 18.9. The molecule has 0 saturated heterocycles. The van der Waals surface area contributed by atoms with Crippen molar-refractivity contribution in [2.45, 2.75) is 80.1 Å². The van der Waals surface area contributed by atoms with Crippen LogP contribution in [0.5, 0.6) is 0 Å². The maximum Gasteiger partial charge on any atom is 0.0657 e. The Labute approximate surface area is 155 Å². The van der Waals surface area contributed by atoms with Crippen LogP contribution in [-0.2, 0) is 0 Å². The fourth-order valence-corrected chi connectivity index (χ4v) is 3.55. The van der Waals surface area contributed by atoms with Gasteiger partial charge in [0.25, 0.3) is 0 Å². The molecule has 2 nitrogen and oxygen atoms in total. The second-order valence-corrected chi connectivity index (χ2v) is 8.30. The van der Waals surface area contributed by atoms with Crippen molar-refractivity contribution < 1.29 is 0 Å². The quantitative estimate of drug-likeness (QED) is 0.502. The molecule has 1 aliphatic rings. The molecule has 1 fully saturated rings. The highest BCUT2D eigenvalue weighted by atomic mass is 14.7. The van der Waals surface area contributed by atoms with E-state index in [1.165, 1.54) is 37.7 Å². The number of aliphatic imine (C=N–C) groups is 1. The molecule has 0 bridgehead atoms. The van der Waals surface area contributed by atoms with Crippen molar-refractivity contribution in [1.82, 2.24) is 0 Å². The number of hydrogen-bond donors (Lipinski definition) is 1. The average molecular weight is 343 g/mol. The van der Waals surface area contributed by atoms with E-state index >= 15 is 0 Å². The van der Waals surface area contributed by atoms with E-state index in [4.69, 9.17) is 5.41 Å². The summed E-state index contributed by atoms with van der Waals surface area (Å²) in [6, 6.07) is 8.14. The Morgan fingerprint density at radius 3 is 2.36 bits per heavy atom. The standard InChI is InChI=1S/C13H25N.C10H13N/c1-4-11(2)12(6-9-14)10-13(3)7-5-8-13;1-8(2)11-10-7-5-4-6-9(10)3/h9,11-12,14H,4-8,10H2,1-3H3;4-7H,1-3H3. The Morgan fingerprint density at radius 1 is 1.28 bits per heavy atom. The van der Waals surface area contributed by atoms with Crippen molar-refractivity contribution in [3.05, 3.63) is 29.8 Å². The van der Waals surface area contributed by atoms with Gasteiger partial charge in [-0.3, -0.25) is 4.99 Å². The van der Waals surface area contributed by atoms with Crippen LogP contribution in [0.25, 0.3) is 0 Å². The molecule has 2 atom stereocenters. The van der Waals surface area contributed by atoms with Crippen molar-refractivity contribution in [1.29, 1.82) is 5.41 Å². The first kappa shape index (κ1) is 21.6. The zero-order valence-electron chi connectivity index (χ0n) is 17.2. The molecule has 1 aliphatic carbocycles. The molecule has 2 heteroatoms. The summed E-state index contributed by atoms with van der Waals surface area (Å²) in [6.45, 7) is 13.1. The Balaban J connectivity index is 0.000000257. The molecule has 25 heavy (non-hydrogen) atoms. The van der Waals surface area contributed by atoms with Gasteiger partial charge in [-0.05, 0) is 81.5 Å². The summed E-state index contributed by atoms with van der Waals surface area (Å²) in [6.07, 6.45) is 9.46. The number of para-hydroxylation sites is 1. The van der Waals surface area contributed by atoms with Crippen LogP contribution >= 0.6 is 0 Å². The lowest BCUT2D eigenvalue weighted by atomic mass is 9.63. The molecule has 0 aliphatic heterocycles. The first-order valence-electron chi connectivity index (χ1n) is 9.87. The van der Waals surface area contributed by atoms with Gasteiger partial charge in [-0.2, -0.15) is 0 Å². The molecule has 0 aromatic heterocycles. The lowest BCUT2D eigenvalue weighted by molar-refractivity contribution is 0.101. The fourth-order valence-electron chi connectivity index (χ4n) is 3.55. The number of aryl methyl sites for hydroxylation is 1. The molecular weight excluding hydrogens is 304 g/mol. The van der Waals surface area contributed by atoms with Gasteiger partial charge < -0.3 is 5.41 Å². The summed E-state index contributed by atoms with van der Waals surface area (Å²) in [5.74, 6) is 1.54. The van der Waals surface area contributed by atoms with E-state index in [1.807, 2.05) is 32.0 Å². The van der Waals surface area contributed by atoms with Gasteiger partial charge in [-0.25, -0.2) is 0 Å². The smallest absolute Gasteiger partial charge is 0.0657 e. The molecule has 0 radical (unpaired) electrons. The van der Waals surface area contributed by atoms with Crippen molar-refractivity contribution in [2.24, 2.45) is 22.2 Å². The SMILES string of the molecule is CC(C)=Nc1ccccc1C.CCC(C)C(CC=N)CC1(C)CCC1. The lowest BCUT2D eigenvalue weighted by Crippen LogP contribution is -2.30. The van der Waals surface area contributed by atoms with Gasteiger partial charge in [0.05, 0.1) is 5.69 Å². The highest BCUT2D eigenvalue weighted by Crippen LogP contribution is 2.47. The second-order valence-electron chi connectivity index (χ2n) is 8.30. The van der Waals surface area contributed by atoms with Crippen molar-refractivity contribution in [3.63, 3.8) is 0 Å². The maximum absolute atomic E-state index is 7.26. The fraction of sp³-hybridized carbons (Fsp3) is 0.652. The molecule has 0 heterocycles. The van der Waals surface area contributed by atoms with E-state index in [0.29, 0.717) is 5.41 Å². The zero-order valence-corrected chi connectivity index (χ0v) is 17.2. The molecule has 1 N–H and O–H groups in total. The number of benzene rings is 1. The third kappa shape index (κ3) is 7.54. The van der Waals surface area contributed by atoms with E-state index in [1.54, 1.807) is 6.21 Å². The van der Waals surface area contributed by atoms with Crippen LogP contribution in [0.2, 0.25) is 0 Å². The number of hydrogen-bond acceptors (Lipinski definition) is 2. The van der Waals surface area contributed by atoms with E-state index in [0.717, 1.165) is 29.7 Å². The Hall–Kier alpha value is -1.44. The van der Waals surface area contributed by atoms with Gasteiger partial charge in [0.2, 0.25) is 0 Å². The third-order valence-electron chi connectivity index (χ3n) is 5.64. The summed E-state index contributed by atoms with van der Waals surface area (Å²) in [5.41, 5.74) is 4.03. The first-order chi connectivity index (χ1) is 11.8. The average Bonchev–Trinajstić information content (AvgIpc) is 2.54. The molecular formula is C23H38N2. The van der Waals surface area contributed by atoms with E-state index in [2.05, 4.69) is 38.8 Å². The largest absolute Gasteiger partial charge is 0.313 e. The summed E-state index contributed by atoms with van der Waals surface area (Å²) >= 11 is 0. The summed E-state index contributed by atoms with van der Waals surface area (Å²) in [7, 11) is 0. The predicted molar refractivity (Wildman–Crippen MR) is 113 cm³/mol. The van der Waals surface area contributed by atoms with Gasteiger partial charge in [0, 0.05) is 5.71 Å². The monoisotopic (exact) mass is 342 g/mol. The maximum atomic E-state index is 7.26. The Morgan fingerprint density at radius 2 is 1.92 bits per heavy atom. The predicted octanol–water partition coefficient (Wildman–Crippen LogP) is 7.38. The minimum atomic E-state index is 0.622. The summed E-state index contributed by atoms with van der Waals surface area (Å²) in [5, 5.41) is 7.26. The highest BCUT2D eigenvalue weighted by molar-refractivity contribution is 5.82. The van der Waals surface area contributed by atoms with Gasteiger partial charge >= 0.3 is 0 Å². The Bertz CT molecular complexity index is 551. The molecule has 2 unspecified atom stereocenters. The first-order valence-corrected chi connectivity index (χ1v) is 9.87. The molecule has 1 aromatic rings. The third-order valence-corrected chi connectivity index (χ3v) is 5.64. The molecule has 2 rings (SSSR count). The topological polar surface area (TPSA) is 36.2 Å². The molecule has 0 amide bonds. The van der Waals surface area contributed by atoms with Crippen LogP contribution in [0.4, 0.5) is 5.69 Å². The summed E-state index contributed by atoms with van der Waals surface area (Å²) in [4.78, 5) is 4.38. The van der Waals surface area contributed by atoms with Crippen LogP contribution < -0.4 is 0 Å². The van der Waals surface area contributed by atoms with Crippen LogP contribution in [-0.4, -0.2) is 11.9 Å². The van der Waals surface area contributed by atoms with Crippen molar-refractivity contribution >= 4 is 17.6 Å². The number of nitrogens with zero attached hydrogens (tertiary/aromatic N) is 1. The van der Waals surface area contributed by atoms with E-state index < -0.39 is 0 Å². The van der Waals surface area contributed by atoms with E-state index in [-0.39, 0.29) is 0 Å². The molecule has 0 spiro atoms. The molecule has 1 aromatic carbocycles.